The van der Waals surface area contributed by atoms with Crippen LogP contribution in [-0.4, -0.2) is 29.5 Å². The average Bonchev–Trinajstić information content (AvgIpc) is 3.06. The molecule has 20 heavy (non-hydrogen) atoms. The molecule has 7 nitrogen and oxygen atoms in total. The zero-order valence-corrected chi connectivity index (χ0v) is 11.0. The topological polar surface area (TPSA) is 92.2 Å². The molecule has 3 heterocycles. The van der Waals surface area contributed by atoms with E-state index in [9.17, 15) is 4.79 Å². The summed E-state index contributed by atoms with van der Waals surface area (Å²) in [4.78, 5) is 29.9. The van der Waals surface area contributed by atoms with E-state index >= 15 is 0 Å². The van der Waals surface area contributed by atoms with Gasteiger partial charge in [0.1, 0.15) is 5.82 Å². The highest BCUT2D eigenvalue weighted by Crippen LogP contribution is 2.12. The number of hydrogen-bond donors (Lipinski definition) is 2. The van der Waals surface area contributed by atoms with Gasteiger partial charge in [0.05, 0.1) is 0 Å². The first-order valence-electron chi connectivity index (χ1n) is 6.30. The third-order valence-corrected chi connectivity index (χ3v) is 2.95. The Morgan fingerprint density at radius 3 is 2.95 bits per heavy atom. The molecule has 0 atom stereocenters. The van der Waals surface area contributed by atoms with E-state index in [1.807, 2.05) is 10.8 Å². The van der Waals surface area contributed by atoms with Crippen LogP contribution in [0.3, 0.4) is 0 Å². The lowest BCUT2D eigenvalue weighted by Crippen LogP contribution is -2.12. The van der Waals surface area contributed by atoms with Gasteiger partial charge in [0.25, 0.3) is 5.56 Å². The summed E-state index contributed by atoms with van der Waals surface area (Å²) in [6, 6.07) is 1.52. The van der Waals surface area contributed by atoms with Crippen molar-refractivity contribution in [3.8, 4) is 11.6 Å². The van der Waals surface area contributed by atoms with Crippen LogP contribution in [0.5, 0.6) is 0 Å². The summed E-state index contributed by atoms with van der Waals surface area (Å²) in [5.41, 5.74) is 0.648. The summed E-state index contributed by atoms with van der Waals surface area (Å²) in [6.45, 7) is 2.46. The Labute approximate surface area is 114 Å². The second-order valence-corrected chi connectivity index (χ2v) is 4.45. The highest BCUT2D eigenvalue weighted by atomic mass is 16.1. The van der Waals surface area contributed by atoms with Crippen LogP contribution in [0.1, 0.15) is 11.5 Å². The molecule has 3 rings (SSSR count). The highest BCUT2D eigenvalue weighted by Gasteiger charge is 2.08. The molecule has 0 amide bonds. The van der Waals surface area contributed by atoms with Gasteiger partial charge in [-0.1, -0.05) is 0 Å². The second-order valence-electron chi connectivity index (χ2n) is 4.45. The lowest BCUT2D eigenvalue weighted by Gasteiger charge is -2.06. The number of hydrogen-bond acceptors (Lipinski definition) is 4. The fourth-order valence-corrected chi connectivity index (χ4v) is 2.10. The van der Waals surface area contributed by atoms with E-state index in [1.54, 1.807) is 25.5 Å². The van der Waals surface area contributed by atoms with Gasteiger partial charge in [-0.05, 0) is 6.92 Å². The van der Waals surface area contributed by atoms with Gasteiger partial charge in [-0.15, -0.1) is 0 Å². The maximum absolute atomic E-state index is 11.4. The van der Waals surface area contributed by atoms with Crippen LogP contribution < -0.4 is 5.56 Å². The number of aromatic amines is 2. The van der Waals surface area contributed by atoms with Gasteiger partial charge in [-0.2, -0.15) is 0 Å². The van der Waals surface area contributed by atoms with Crippen LogP contribution >= 0.6 is 0 Å². The molecule has 0 fully saturated rings. The molecule has 102 valence electrons. The van der Waals surface area contributed by atoms with Crippen molar-refractivity contribution >= 4 is 0 Å². The second kappa shape index (κ2) is 5.12. The van der Waals surface area contributed by atoms with Gasteiger partial charge < -0.3 is 14.5 Å². The van der Waals surface area contributed by atoms with Gasteiger partial charge in [0.2, 0.25) is 0 Å². The van der Waals surface area contributed by atoms with E-state index in [4.69, 9.17) is 0 Å². The average molecular weight is 270 g/mol. The summed E-state index contributed by atoms with van der Waals surface area (Å²) in [5, 5.41) is 0. The Bertz CT molecular complexity index is 755. The zero-order valence-electron chi connectivity index (χ0n) is 11.0. The maximum atomic E-state index is 11.4. The first-order chi connectivity index (χ1) is 9.72. The third kappa shape index (κ3) is 2.51. The molecule has 7 heteroatoms. The Hall–Kier alpha value is -2.70. The molecule has 0 unspecified atom stereocenters. The Kier molecular flexibility index (Phi) is 3.16. The minimum Gasteiger partial charge on any atom is -0.342 e. The largest absolute Gasteiger partial charge is 0.342 e. The summed E-state index contributed by atoms with van der Waals surface area (Å²) >= 11 is 0. The quantitative estimate of drug-likeness (QED) is 0.737. The summed E-state index contributed by atoms with van der Waals surface area (Å²) in [6.07, 6.45) is 7.73. The molecule has 3 aromatic rings. The number of nitrogens with zero attached hydrogens (tertiary/aromatic N) is 4. The maximum Gasteiger partial charge on any atom is 0.251 e. The van der Waals surface area contributed by atoms with Crippen LogP contribution in [-0.2, 0) is 13.0 Å². The summed E-state index contributed by atoms with van der Waals surface area (Å²) < 4.78 is 1.98. The number of aromatic nitrogens is 6. The van der Waals surface area contributed by atoms with Crippen molar-refractivity contribution in [2.24, 2.45) is 0 Å². The minimum atomic E-state index is -0.121. The van der Waals surface area contributed by atoms with E-state index in [0.29, 0.717) is 18.8 Å². The van der Waals surface area contributed by atoms with E-state index in [-0.39, 0.29) is 5.56 Å². The van der Waals surface area contributed by atoms with Gasteiger partial charge in [0, 0.05) is 49.5 Å². The van der Waals surface area contributed by atoms with Crippen LogP contribution in [0.2, 0.25) is 0 Å². The van der Waals surface area contributed by atoms with Crippen molar-refractivity contribution in [2.75, 3.05) is 0 Å². The smallest absolute Gasteiger partial charge is 0.251 e. The molecular formula is C13H14N6O. The molecule has 0 aromatic carbocycles. The zero-order chi connectivity index (χ0) is 13.9. The van der Waals surface area contributed by atoms with Crippen LogP contribution in [0, 0.1) is 6.92 Å². The van der Waals surface area contributed by atoms with E-state index < -0.39 is 0 Å². The summed E-state index contributed by atoms with van der Waals surface area (Å²) in [7, 11) is 0. The van der Waals surface area contributed by atoms with Gasteiger partial charge in [0.15, 0.2) is 11.6 Å². The number of H-pyrrole nitrogens is 2. The Morgan fingerprint density at radius 2 is 2.20 bits per heavy atom. The SMILES string of the molecule is Cc1nc(CCn2ccnc2-c2ncc[nH]2)cc(=O)[nH]1. The fraction of sp³-hybridized carbons (Fsp3) is 0.231. The lowest BCUT2D eigenvalue weighted by atomic mass is 10.3. The van der Waals surface area contributed by atoms with Crippen molar-refractivity contribution in [1.29, 1.82) is 0 Å². The minimum absolute atomic E-state index is 0.121. The van der Waals surface area contributed by atoms with Gasteiger partial charge in [-0.25, -0.2) is 15.0 Å². The van der Waals surface area contributed by atoms with Crippen molar-refractivity contribution < 1.29 is 0 Å². The number of nitrogens with one attached hydrogen (secondary N) is 2. The molecular weight excluding hydrogens is 256 g/mol. The standard InChI is InChI=1S/C13H14N6O/c1-9-17-10(8-11(20)18-9)2-6-19-7-5-16-13(19)12-14-3-4-15-12/h3-5,7-8H,2,6H2,1H3,(H,14,15)(H,17,18,20). The van der Waals surface area contributed by atoms with Gasteiger partial charge >= 0.3 is 0 Å². The van der Waals surface area contributed by atoms with E-state index in [1.165, 1.54) is 6.07 Å². The van der Waals surface area contributed by atoms with Crippen molar-refractivity contribution in [2.45, 2.75) is 19.9 Å². The van der Waals surface area contributed by atoms with Gasteiger partial charge in [-0.3, -0.25) is 4.79 Å². The molecule has 0 saturated carbocycles. The van der Waals surface area contributed by atoms with Crippen molar-refractivity contribution in [1.82, 2.24) is 29.5 Å². The summed E-state index contributed by atoms with van der Waals surface area (Å²) in [5.74, 6) is 2.13. The Balaban J connectivity index is 1.79. The normalized spacial score (nSPS) is 10.8. The van der Waals surface area contributed by atoms with Crippen molar-refractivity contribution in [3.63, 3.8) is 0 Å². The molecule has 0 aliphatic rings. The number of imidazole rings is 2. The van der Waals surface area contributed by atoms with E-state index in [2.05, 4.69) is 24.9 Å². The molecule has 3 aromatic heterocycles. The first kappa shape index (κ1) is 12.3. The molecule has 0 saturated heterocycles. The molecule has 0 spiro atoms. The van der Waals surface area contributed by atoms with Crippen LogP contribution in [0.4, 0.5) is 0 Å². The Morgan fingerprint density at radius 1 is 1.30 bits per heavy atom. The van der Waals surface area contributed by atoms with Crippen molar-refractivity contribution in [3.05, 3.63) is 52.7 Å². The third-order valence-electron chi connectivity index (χ3n) is 2.95. The first-order valence-corrected chi connectivity index (χ1v) is 6.30. The number of rotatable bonds is 4. The van der Waals surface area contributed by atoms with E-state index in [0.717, 1.165) is 17.3 Å². The molecule has 0 bridgehead atoms. The lowest BCUT2D eigenvalue weighted by molar-refractivity contribution is 0.684. The molecule has 0 aliphatic heterocycles. The monoisotopic (exact) mass is 270 g/mol. The fourth-order valence-electron chi connectivity index (χ4n) is 2.10. The molecule has 0 aliphatic carbocycles. The van der Waals surface area contributed by atoms with Crippen LogP contribution in [0.15, 0.2) is 35.6 Å². The van der Waals surface area contributed by atoms with Crippen LogP contribution in [0.25, 0.3) is 11.6 Å². The highest BCUT2D eigenvalue weighted by molar-refractivity contribution is 5.43. The predicted molar refractivity (Wildman–Crippen MR) is 73.1 cm³/mol. The molecule has 0 radical (unpaired) electrons. The number of aryl methyl sites for hydroxylation is 3. The molecule has 2 N–H and O–H groups in total. The predicted octanol–water partition coefficient (Wildman–Crippen LogP) is 0.908.